The Bertz CT molecular complexity index is 569. The van der Waals surface area contributed by atoms with E-state index in [4.69, 9.17) is 4.74 Å². The van der Waals surface area contributed by atoms with Gasteiger partial charge in [0.1, 0.15) is 0 Å². The van der Waals surface area contributed by atoms with Crippen molar-refractivity contribution in [2.45, 2.75) is 31.9 Å². The van der Waals surface area contributed by atoms with E-state index in [2.05, 4.69) is 51.7 Å². The van der Waals surface area contributed by atoms with Crippen LogP contribution in [-0.4, -0.2) is 56.4 Å². The van der Waals surface area contributed by atoms with E-state index < -0.39 is 0 Å². The van der Waals surface area contributed by atoms with Gasteiger partial charge in [-0.25, -0.2) is 0 Å². The van der Waals surface area contributed by atoms with Gasteiger partial charge in [0.05, 0.1) is 5.60 Å². The molecule has 1 aromatic rings. The Hall–Kier alpha value is -0.670. The average molecular weight is 490 g/mol. The Morgan fingerprint density at radius 3 is 2.58 bits per heavy atom. The molecule has 3 rings (SSSR count). The summed E-state index contributed by atoms with van der Waals surface area (Å²) >= 11 is 2.04. The van der Waals surface area contributed by atoms with Crippen LogP contribution >= 0.6 is 35.7 Å². The maximum absolute atomic E-state index is 5.82. The molecule has 2 N–H and O–H groups in total. The molecule has 1 atom stereocenters. The van der Waals surface area contributed by atoms with E-state index in [1.165, 1.54) is 22.8 Å². The summed E-state index contributed by atoms with van der Waals surface area (Å²) in [4.78, 5) is 6.78. The van der Waals surface area contributed by atoms with Crippen molar-refractivity contribution in [3.63, 3.8) is 0 Å². The Labute approximate surface area is 178 Å². The smallest absolute Gasteiger partial charge is 0.191 e. The van der Waals surface area contributed by atoms with E-state index in [9.17, 15) is 0 Å². The van der Waals surface area contributed by atoms with Gasteiger partial charge in [-0.15, -0.1) is 24.0 Å². The van der Waals surface area contributed by atoms with Gasteiger partial charge < -0.3 is 20.3 Å². The van der Waals surface area contributed by atoms with Crippen LogP contribution in [0.3, 0.4) is 0 Å². The third kappa shape index (κ3) is 6.20. The maximum atomic E-state index is 5.82. The summed E-state index contributed by atoms with van der Waals surface area (Å²) in [6, 6.07) is 8.88. The van der Waals surface area contributed by atoms with Crippen molar-refractivity contribution in [2.75, 3.05) is 49.7 Å². The van der Waals surface area contributed by atoms with Crippen molar-refractivity contribution < 1.29 is 4.74 Å². The molecule has 2 aliphatic heterocycles. The van der Waals surface area contributed by atoms with Crippen LogP contribution in [0, 0.1) is 0 Å². The zero-order valence-electron chi connectivity index (χ0n) is 15.8. The van der Waals surface area contributed by atoms with E-state index in [1.54, 1.807) is 0 Å². The fourth-order valence-electron chi connectivity index (χ4n) is 3.30. The number of guanidine groups is 1. The zero-order chi connectivity index (χ0) is 17.5. The van der Waals surface area contributed by atoms with Crippen molar-refractivity contribution in [3.05, 3.63) is 29.8 Å². The number of hydrogen-bond acceptors (Lipinski definition) is 4. The first-order valence-electron chi connectivity index (χ1n) is 9.19. The molecule has 0 saturated carbocycles. The molecule has 26 heavy (non-hydrogen) atoms. The lowest BCUT2D eigenvalue weighted by Gasteiger charge is -2.28. The standard InChI is InChI=1S/C19H30N4OS.HI/c1-19(8-3-11-24-19)15-22-18(20-2)21-14-16-4-6-17(7-5-16)23-9-12-25-13-10-23;/h4-7H,3,8-15H2,1-2H3,(H2,20,21,22);1H. The lowest BCUT2D eigenvalue weighted by Crippen LogP contribution is -2.45. The molecule has 2 aliphatic rings. The molecule has 0 spiro atoms. The lowest BCUT2D eigenvalue weighted by molar-refractivity contribution is 0.0243. The summed E-state index contributed by atoms with van der Waals surface area (Å²) in [6.45, 7) is 6.90. The Morgan fingerprint density at radius 1 is 1.23 bits per heavy atom. The molecule has 5 nitrogen and oxygen atoms in total. The number of halogens is 1. The Balaban J connectivity index is 0.00000243. The van der Waals surface area contributed by atoms with Crippen LogP contribution in [-0.2, 0) is 11.3 Å². The van der Waals surface area contributed by atoms with Crippen LogP contribution < -0.4 is 15.5 Å². The van der Waals surface area contributed by atoms with Gasteiger partial charge in [0, 0.05) is 57.0 Å². The molecule has 0 aromatic heterocycles. The van der Waals surface area contributed by atoms with Crippen molar-refractivity contribution in [3.8, 4) is 0 Å². The molecule has 146 valence electrons. The number of benzene rings is 1. The minimum Gasteiger partial charge on any atom is -0.373 e. The monoisotopic (exact) mass is 490 g/mol. The second kappa shape index (κ2) is 10.6. The van der Waals surface area contributed by atoms with Gasteiger partial charge in [0.25, 0.3) is 0 Å². The topological polar surface area (TPSA) is 48.9 Å². The third-order valence-electron chi connectivity index (χ3n) is 4.93. The summed E-state index contributed by atoms with van der Waals surface area (Å²) in [6.07, 6.45) is 2.25. The summed E-state index contributed by atoms with van der Waals surface area (Å²) in [5, 5.41) is 6.78. The van der Waals surface area contributed by atoms with Crippen LogP contribution in [0.4, 0.5) is 5.69 Å². The van der Waals surface area contributed by atoms with Crippen molar-refractivity contribution >= 4 is 47.4 Å². The first kappa shape index (κ1) is 21.6. The van der Waals surface area contributed by atoms with Gasteiger partial charge in [-0.05, 0) is 37.5 Å². The molecule has 1 aromatic carbocycles. The van der Waals surface area contributed by atoms with E-state index in [-0.39, 0.29) is 29.6 Å². The fraction of sp³-hybridized carbons (Fsp3) is 0.632. The number of thioether (sulfide) groups is 1. The highest BCUT2D eigenvalue weighted by atomic mass is 127. The minimum atomic E-state index is -0.0635. The molecule has 7 heteroatoms. The highest BCUT2D eigenvalue weighted by Crippen LogP contribution is 2.24. The van der Waals surface area contributed by atoms with Crippen molar-refractivity contribution in [1.29, 1.82) is 0 Å². The van der Waals surface area contributed by atoms with Gasteiger partial charge in [0.2, 0.25) is 0 Å². The summed E-state index contributed by atoms with van der Waals surface area (Å²) in [5.74, 6) is 3.29. The molecular formula is C19H31IN4OS. The summed E-state index contributed by atoms with van der Waals surface area (Å²) in [5.41, 5.74) is 2.53. The van der Waals surface area contributed by atoms with Crippen LogP contribution in [0.5, 0.6) is 0 Å². The molecule has 2 saturated heterocycles. The number of hydrogen-bond donors (Lipinski definition) is 2. The second-order valence-electron chi connectivity index (χ2n) is 6.95. The van der Waals surface area contributed by atoms with Crippen molar-refractivity contribution in [1.82, 2.24) is 10.6 Å². The highest BCUT2D eigenvalue weighted by molar-refractivity contribution is 14.0. The summed E-state index contributed by atoms with van der Waals surface area (Å²) < 4.78 is 5.82. The van der Waals surface area contributed by atoms with Gasteiger partial charge in [-0.2, -0.15) is 11.8 Å². The van der Waals surface area contributed by atoms with Gasteiger partial charge in [-0.1, -0.05) is 12.1 Å². The number of rotatable bonds is 5. The lowest BCUT2D eigenvalue weighted by atomic mass is 10.0. The van der Waals surface area contributed by atoms with E-state index in [1.807, 2.05) is 18.8 Å². The number of anilines is 1. The molecule has 2 fully saturated rings. The maximum Gasteiger partial charge on any atom is 0.191 e. The normalized spacial score (nSPS) is 23.5. The number of nitrogens with zero attached hydrogens (tertiary/aromatic N) is 2. The molecule has 0 radical (unpaired) electrons. The third-order valence-corrected chi connectivity index (χ3v) is 5.87. The van der Waals surface area contributed by atoms with Crippen LogP contribution in [0.2, 0.25) is 0 Å². The molecule has 2 heterocycles. The SMILES string of the molecule is CN=C(NCc1ccc(N2CCSCC2)cc1)NCC1(C)CCCO1.I. The second-order valence-corrected chi connectivity index (χ2v) is 8.17. The first-order chi connectivity index (χ1) is 12.2. The van der Waals surface area contributed by atoms with E-state index in [0.29, 0.717) is 0 Å². The quantitative estimate of drug-likeness (QED) is 0.378. The minimum absolute atomic E-state index is 0. The van der Waals surface area contributed by atoms with Gasteiger partial charge in [0.15, 0.2) is 5.96 Å². The van der Waals surface area contributed by atoms with Crippen LogP contribution in [0.1, 0.15) is 25.3 Å². The Kier molecular flexibility index (Phi) is 8.83. The fourth-order valence-corrected chi connectivity index (χ4v) is 4.20. The molecule has 0 amide bonds. The Morgan fingerprint density at radius 2 is 1.96 bits per heavy atom. The number of aliphatic imine (C=N–C) groups is 1. The zero-order valence-corrected chi connectivity index (χ0v) is 18.9. The largest absolute Gasteiger partial charge is 0.373 e. The van der Waals surface area contributed by atoms with Crippen molar-refractivity contribution in [2.24, 2.45) is 4.99 Å². The average Bonchev–Trinajstić information content (AvgIpc) is 3.10. The van der Waals surface area contributed by atoms with Gasteiger partial charge in [-0.3, -0.25) is 4.99 Å². The first-order valence-corrected chi connectivity index (χ1v) is 10.3. The molecule has 1 unspecified atom stereocenters. The predicted octanol–water partition coefficient (Wildman–Crippen LogP) is 3.09. The number of nitrogens with one attached hydrogen (secondary N) is 2. The molecule has 0 bridgehead atoms. The predicted molar refractivity (Wildman–Crippen MR) is 123 cm³/mol. The summed E-state index contributed by atoms with van der Waals surface area (Å²) in [7, 11) is 1.81. The highest BCUT2D eigenvalue weighted by Gasteiger charge is 2.29. The van der Waals surface area contributed by atoms with Gasteiger partial charge >= 0.3 is 0 Å². The van der Waals surface area contributed by atoms with E-state index in [0.717, 1.165) is 51.6 Å². The number of ether oxygens (including phenoxy) is 1. The van der Waals surface area contributed by atoms with Crippen LogP contribution in [0.25, 0.3) is 0 Å². The van der Waals surface area contributed by atoms with Crippen LogP contribution in [0.15, 0.2) is 29.3 Å². The van der Waals surface area contributed by atoms with E-state index >= 15 is 0 Å². The molecular weight excluding hydrogens is 459 g/mol. The molecule has 0 aliphatic carbocycles.